The van der Waals surface area contributed by atoms with E-state index < -0.39 is 11.9 Å². The van der Waals surface area contributed by atoms with Gasteiger partial charge in [0.25, 0.3) is 0 Å². The first kappa shape index (κ1) is 20.6. The molecule has 1 amide bonds. The first-order chi connectivity index (χ1) is 12.4. The molecule has 0 fully saturated rings. The molecule has 0 saturated carbocycles. The van der Waals surface area contributed by atoms with Gasteiger partial charge in [-0.15, -0.1) is 0 Å². The summed E-state index contributed by atoms with van der Waals surface area (Å²) >= 11 is 0. The van der Waals surface area contributed by atoms with Crippen molar-refractivity contribution in [3.8, 4) is 0 Å². The Bertz CT molecular complexity index is 768. The molecule has 0 radical (unpaired) electrons. The lowest BCUT2D eigenvalue weighted by Crippen LogP contribution is -2.19. The number of carbonyl (C=O) groups excluding carboxylic acids is 1. The van der Waals surface area contributed by atoms with Crippen molar-refractivity contribution in [1.82, 2.24) is 5.32 Å². The van der Waals surface area contributed by atoms with Gasteiger partial charge in [0, 0.05) is 13.1 Å². The van der Waals surface area contributed by atoms with E-state index in [9.17, 15) is 14.4 Å². The third-order valence-corrected chi connectivity index (χ3v) is 3.29. The fraction of sp³-hybridized carbons (Fsp3) is 0.105. The summed E-state index contributed by atoms with van der Waals surface area (Å²) < 4.78 is 0. The van der Waals surface area contributed by atoms with Crippen molar-refractivity contribution in [2.75, 3.05) is 0 Å². The molecule has 0 aliphatic heterocycles. The zero-order valence-electron chi connectivity index (χ0n) is 14.0. The molecule has 2 aromatic carbocycles. The molecule has 0 unspecified atom stereocenters. The maximum absolute atomic E-state index is 10.8. The highest BCUT2D eigenvalue weighted by atomic mass is 16.4. The Kier molecular flexibility index (Phi) is 8.26. The summed E-state index contributed by atoms with van der Waals surface area (Å²) in [7, 11) is 0. The highest BCUT2D eigenvalue weighted by Gasteiger charge is 2.02. The van der Waals surface area contributed by atoms with Crippen LogP contribution in [0.15, 0.2) is 61.2 Å². The average molecular weight is 356 g/mol. The lowest BCUT2D eigenvalue weighted by atomic mass is 10.1. The van der Waals surface area contributed by atoms with Crippen LogP contribution in [-0.4, -0.2) is 28.1 Å². The van der Waals surface area contributed by atoms with E-state index in [1.54, 1.807) is 36.4 Å². The van der Waals surface area contributed by atoms with Gasteiger partial charge < -0.3 is 21.3 Å². The molecule has 136 valence electrons. The molecule has 26 heavy (non-hydrogen) atoms. The van der Waals surface area contributed by atoms with Crippen molar-refractivity contribution in [1.29, 1.82) is 0 Å². The van der Waals surface area contributed by atoms with Gasteiger partial charge in [0.05, 0.1) is 11.1 Å². The molecular formula is C19H20N2O5. The average Bonchev–Trinajstić information content (AvgIpc) is 2.66. The second-order valence-electron chi connectivity index (χ2n) is 5.13. The van der Waals surface area contributed by atoms with Gasteiger partial charge >= 0.3 is 11.9 Å². The smallest absolute Gasteiger partial charge is 0.335 e. The van der Waals surface area contributed by atoms with Gasteiger partial charge in [-0.05, 0) is 41.5 Å². The largest absolute Gasteiger partial charge is 0.478 e. The molecule has 0 heterocycles. The molecule has 0 atom stereocenters. The van der Waals surface area contributed by atoms with E-state index in [1.807, 2.05) is 0 Å². The summed E-state index contributed by atoms with van der Waals surface area (Å²) in [6.45, 7) is 4.13. The van der Waals surface area contributed by atoms with Gasteiger partial charge in [-0.3, -0.25) is 4.79 Å². The van der Waals surface area contributed by atoms with Gasteiger partial charge in [-0.1, -0.05) is 30.8 Å². The fourth-order valence-electron chi connectivity index (χ4n) is 1.81. The number of nitrogens with one attached hydrogen (secondary N) is 1. The van der Waals surface area contributed by atoms with Crippen LogP contribution in [0.1, 0.15) is 31.8 Å². The van der Waals surface area contributed by atoms with Crippen LogP contribution >= 0.6 is 0 Å². The van der Waals surface area contributed by atoms with E-state index in [2.05, 4.69) is 11.9 Å². The van der Waals surface area contributed by atoms with E-state index in [0.717, 1.165) is 11.1 Å². The predicted octanol–water partition coefficient (Wildman–Crippen LogP) is 2.03. The third-order valence-electron chi connectivity index (χ3n) is 3.29. The molecule has 7 nitrogen and oxygen atoms in total. The Balaban J connectivity index is 0.000000273. The minimum Gasteiger partial charge on any atom is -0.478 e. The number of carbonyl (C=O) groups is 3. The number of carboxylic acid groups (broad SMARTS) is 2. The number of carboxylic acids is 2. The zero-order chi connectivity index (χ0) is 19.5. The molecule has 7 heteroatoms. The van der Waals surface area contributed by atoms with Crippen LogP contribution in [0.25, 0.3) is 0 Å². The van der Waals surface area contributed by atoms with E-state index in [-0.39, 0.29) is 11.5 Å². The van der Waals surface area contributed by atoms with Crippen molar-refractivity contribution >= 4 is 17.8 Å². The van der Waals surface area contributed by atoms with Crippen LogP contribution in [-0.2, 0) is 17.9 Å². The molecule has 0 bridgehead atoms. The highest BCUT2D eigenvalue weighted by molar-refractivity contribution is 5.88. The lowest BCUT2D eigenvalue weighted by molar-refractivity contribution is -0.116. The molecular weight excluding hydrogens is 336 g/mol. The van der Waals surface area contributed by atoms with Crippen molar-refractivity contribution in [2.45, 2.75) is 13.1 Å². The van der Waals surface area contributed by atoms with Crippen LogP contribution in [0.4, 0.5) is 0 Å². The van der Waals surface area contributed by atoms with Crippen LogP contribution in [0.3, 0.4) is 0 Å². The Morgan fingerprint density at radius 3 is 1.65 bits per heavy atom. The van der Waals surface area contributed by atoms with Crippen LogP contribution in [0.2, 0.25) is 0 Å². The molecule has 0 aliphatic rings. The summed E-state index contributed by atoms with van der Waals surface area (Å²) in [5.41, 5.74) is 7.64. The second-order valence-corrected chi connectivity index (χ2v) is 5.13. The van der Waals surface area contributed by atoms with Crippen LogP contribution in [0.5, 0.6) is 0 Å². The van der Waals surface area contributed by atoms with Gasteiger partial charge in [0.2, 0.25) is 5.91 Å². The van der Waals surface area contributed by atoms with E-state index in [4.69, 9.17) is 15.9 Å². The van der Waals surface area contributed by atoms with Gasteiger partial charge in [0.1, 0.15) is 0 Å². The zero-order valence-corrected chi connectivity index (χ0v) is 14.0. The van der Waals surface area contributed by atoms with E-state index in [0.29, 0.717) is 18.7 Å². The fourth-order valence-corrected chi connectivity index (χ4v) is 1.81. The van der Waals surface area contributed by atoms with Gasteiger partial charge in [0.15, 0.2) is 0 Å². The Morgan fingerprint density at radius 1 is 0.885 bits per heavy atom. The molecule has 2 rings (SSSR count). The minimum absolute atomic E-state index is 0.230. The lowest BCUT2D eigenvalue weighted by Gasteiger charge is -2.02. The number of aromatic carboxylic acids is 2. The summed E-state index contributed by atoms with van der Waals surface area (Å²) in [6.07, 6.45) is 1.19. The summed E-state index contributed by atoms with van der Waals surface area (Å²) in [5.74, 6) is -2.12. The number of benzene rings is 2. The van der Waals surface area contributed by atoms with Crippen molar-refractivity contribution in [3.05, 3.63) is 83.4 Å². The predicted molar refractivity (Wildman–Crippen MR) is 96.7 cm³/mol. The van der Waals surface area contributed by atoms with Crippen molar-refractivity contribution in [2.24, 2.45) is 5.73 Å². The number of amides is 1. The monoisotopic (exact) mass is 356 g/mol. The van der Waals surface area contributed by atoms with Gasteiger partial charge in [-0.25, -0.2) is 9.59 Å². The molecule has 0 aromatic heterocycles. The molecule has 5 N–H and O–H groups in total. The van der Waals surface area contributed by atoms with E-state index >= 15 is 0 Å². The first-order valence-electron chi connectivity index (χ1n) is 7.62. The maximum Gasteiger partial charge on any atom is 0.335 e. The topological polar surface area (TPSA) is 130 Å². The highest BCUT2D eigenvalue weighted by Crippen LogP contribution is 2.04. The van der Waals surface area contributed by atoms with Crippen molar-refractivity contribution < 1.29 is 24.6 Å². The molecule has 0 spiro atoms. The summed E-state index contributed by atoms with van der Waals surface area (Å²) in [5, 5.41) is 19.8. The Labute approximate surface area is 150 Å². The number of nitrogens with two attached hydrogens (primary N) is 1. The third kappa shape index (κ3) is 6.98. The van der Waals surface area contributed by atoms with Crippen molar-refractivity contribution in [3.63, 3.8) is 0 Å². The molecule has 2 aromatic rings. The normalized spacial score (nSPS) is 9.42. The number of hydrogen-bond donors (Lipinski definition) is 4. The SMILES string of the molecule is C=CC(=O)NCc1ccc(C(=O)O)cc1.NCc1ccc(C(=O)O)cc1. The molecule has 0 saturated heterocycles. The summed E-state index contributed by atoms with van der Waals surface area (Å²) in [6, 6.07) is 12.8. The maximum atomic E-state index is 10.8. The number of hydrogen-bond acceptors (Lipinski definition) is 4. The summed E-state index contributed by atoms with van der Waals surface area (Å²) in [4.78, 5) is 31.7. The Hall–Kier alpha value is -3.45. The quantitative estimate of drug-likeness (QED) is 0.586. The van der Waals surface area contributed by atoms with Gasteiger partial charge in [-0.2, -0.15) is 0 Å². The van der Waals surface area contributed by atoms with Crippen LogP contribution in [0, 0.1) is 0 Å². The second kappa shape index (κ2) is 10.4. The van der Waals surface area contributed by atoms with E-state index in [1.165, 1.54) is 18.2 Å². The minimum atomic E-state index is -0.961. The number of rotatable bonds is 6. The standard InChI is InChI=1S/C11H11NO3.C8H9NO2/c1-2-10(13)12-7-8-3-5-9(6-4-8)11(14)15;9-5-6-1-3-7(4-2-6)8(10)11/h2-6H,1,7H2,(H,12,13)(H,14,15);1-4H,5,9H2,(H,10,11). The molecule has 0 aliphatic carbocycles. The van der Waals surface area contributed by atoms with Crippen LogP contribution < -0.4 is 11.1 Å². The Morgan fingerprint density at radius 2 is 1.31 bits per heavy atom. The first-order valence-corrected chi connectivity index (χ1v) is 7.62.